The highest BCUT2D eigenvalue weighted by atomic mass is 35.5. The van der Waals surface area contributed by atoms with E-state index in [-0.39, 0.29) is 5.69 Å². The Hall–Kier alpha value is -2.33. The van der Waals surface area contributed by atoms with Gasteiger partial charge in [0.25, 0.3) is 5.91 Å². The molecule has 3 aromatic rings. The lowest BCUT2D eigenvalue weighted by Crippen LogP contribution is -2.37. The molecule has 1 aromatic carbocycles. The number of nitrogens with two attached hydrogens (primary N) is 2. The van der Waals surface area contributed by atoms with Crippen molar-refractivity contribution in [2.24, 2.45) is 18.7 Å². The first kappa shape index (κ1) is 21.9. The summed E-state index contributed by atoms with van der Waals surface area (Å²) in [5, 5.41) is 9.10. The molecule has 1 fully saturated rings. The molecule has 0 saturated carbocycles. The van der Waals surface area contributed by atoms with Gasteiger partial charge < -0.3 is 21.7 Å². The van der Waals surface area contributed by atoms with Gasteiger partial charge in [0.15, 0.2) is 11.5 Å². The average molecular weight is 480 g/mol. The normalized spacial score (nSPS) is 14.8. The van der Waals surface area contributed by atoms with Crippen molar-refractivity contribution in [3.63, 3.8) is 0 Å². The second-order valence-corrected chi connectivity index (χ2v) is 9.36. The molecule has 8 nitrogen and oxygen atoms in total. The number of nitrogens with zero attached hydrogens (tertiary/aromatic N) is 4. The molecule has 0 unspecified atom stereocenters. The smallest absolute Gasteiger partial charge is 0.277 e. The van der Waals surface area contributed by atoms with Crippen LogP contribution in [0.2, 0.25) is 10.0 Å². The van der Waals surface area contributed by atoms with Gasteiger partial charge >= 0.3 is 0 Å². The van der Waals surface area contributed by atoms with Gasteiger partial charge in [-0.15, -0.1) is 0 Å². The number of benzene rings is 1. The molecule has 0 spiro atoms. The number of piperidine rings is 1. The maximum Gasteiger partial charge on any atom is 0.277 e. The first-order valence-electron chi connectivity index (χ1n) is 9.87. The van der Waals surface area contributed by atoms with Crippen molar-refractivity contribution in [2.45, 2.75) is 12.8 Å². The van der Waals surface area contributed by atoms with Crippen LogP contribution >= 0.6 is 34.5 Å². The summed E-state index contributed by atoms with van der Waals surface area (Å²) in [4.78, 5) is 19.6. The summed E-state index contributed by atoms with van der Waals surface area (Å²) in [6, 6.07) is 5.08. The third-order valence-electron chi connectivity index (χ3n) is 5.43. The Bertz CT molecular complexity index is 1110. The van der Waals surface area contributed by atoms with E-state index in [1.165, 1.54) is 11.3 Å². The summed E-state index contributed by atoms with van der Waals surface area (Å²) in [6.07, 6.45) is 3.66. The Kier molecular flexibility index (Phi) is 6.38. The number of thiazole rings is 1. The SMILES string of the molecule is Cn1ncc(NC(=O)c2nc(-c3cc(Cl)ccc3Cl)sc2N)c1N1CCC(CN)CC1. The highest BCUT2D eigenvalue weighted by Gasteiger charge is 2.25. The van der Waals surface area contributed by atoms with E-state index in [1.54, 1.807) is 29.1 Å². The minimum atomic E-state index is -0.399. The predicted molar refractivity (Wildman–Crippen MR) is 127 cm³/mol. The Morgan fingerprint density at radius 2 is 2.06 bits per heavy atom. The number of anilines is 3. The van der Waals surface area contributed by atoms with Crippen molar-refractivity contribution >= 4 is 57.0 Å². The first-order valence-corrected chi connectivity index (χ1v) is 11.4. The van der Waals surface area contributed by atoms with Crippen molar-refractivity contribution < 1.29 is 4.79 Å². The van der Waals surface area contributed by atoms with Crippen LogP contribution in [0, 0.1) is 5.92 Å². The molecule has 31 heavy (non-hydrogen) atoms. The van der Waals surface area contributed by atoms with Crippen LogP contribution in [-0.4, -0.2) is 40.3 Å². The number of hydrogen-bond donors (Lipinski definition) is 3. The molecule has 1 aliphatic heterocycles. The van der Waals surface area contributed by atoms with Crippen LogP contribution in [0.4, 0.5) is 16.5 Å². The fourth-order valence-corrected chi connectivity index (χ4v) is 5.02. The molecule has 0 radical (unpaired) electrons. The Labute approximate surface area is 194 Å². The molecule has 0 aliphatic carbocycles. The van der Waals surface area contributed by atoms with Crippen molar-refractivity contribution in [1.29, 1.82) is 0 Å². The summed E-state index contributed by atoms with van der Waals surface area (Å²) >= 11 is 13.5. The minimum absolute atomic E-state index is 0.146. The fraction of sp³-hybridized carbons (Fsp3) is 0.350. The number of amides is 1. The number of rotatable bonds is 5. The van der Waals surface area contributed by atoms with Crippen LogP contribution in [0.1, 0.15) is 23.3 Å². The summed E-state index contributed by atoms with van der Waals surface area (Å²) in [5.41, 5.74) is 13.3. The van der Waals surface area contributed by atoms with Gasteiger partial charge in [-0.3, -0.25) is 9.48 Å². The minimum Gasteiger partial charge on any atom is -0.389 e. The predicted octanol–water partition coefficient (Wildman–Crippen LogP) is 3.86. The molecule has 0 atom stereocenters. The van der Waals surface area contributed by atoms with Crippen LogP contribution < -0.4 is 21.7 Å². The molecule has 0 bridgehead atoms. The standard InChI is InChI=1S/C20H23Cl2N7OS/c1-28-20(29-6-4-11(9-23)5-7-29)15(10-25-28)26-18(30)16-17(24)31-19(27-16)13-8-12(21)2-3-14(13)22/h2-3,8,10-11H,4-7,9,23-24H2,1H3,(H,26,30). The molecular formula is C20H23Cl2N7OS. The van der Waals surface area contributed by atoms with Gasteiger partial charge in [-0.05, 0) is 43.5 Å². The van der Waals surface area contributed by atoms with Crippen LogP contribution in [0.25, 0.3) is 10.6 Å². The number of nitrogen functional groups attached to an aromatic ring is 1. The monoisotopic (exact) mass is 479 g/mol. The Balaban J connectivity index is 1.56. The van der Waals surface area contributed by atoms with Crippen LogP contribution in [0.5, 0.6) is 0 Å². The van der Waals surface area contributed by atoms with E-state index < -0.39 is 5.91 Å². The lowest BCUT2D eigenvalue weighted by Gasteiger charge is -2.33. The number of carbonyl (C=O) groups is 1. The first-order chi connectivity index (χ1) is 14.9. The van der Waals surface area contributed by atoms with E-state index in [2.05, 4.69) is 20.3 Å². The van der Waals surface area contributed by atoms with Crippen molar-refractivity contribution in [3.8, 4) is 10.6 Å². The molecule has 2 aromatic heterocycles. The van der Waals surface area contributed by atoms with Gasteiger partial charge in [0.2, 0.25) is 0 Å². The summed E-state index contributed by atoms with van der Waals surface area (Å²) < 4.78 is 1.76. The molecule has 1 amide bonds. The number of aromatic nitrogens is 3. The lowest BCUT2D eigenvalue weighted by atomic mass is 9.97. The summed E-state index contributed by atoms with van der Waals surface area (Å²) in [6.45, 7) is 2.42. The quantitative estimate of drug-likeness (QED) is 0.511. The van der Waals surface area contributed by atoms with Crippen molar-refractivity contribution in [2.75, 3.05) is 35.6 Å². The number of halogens is 2. The van der Waals surface area contributed by atoms with Crippen LogP contribution in [-0.2, 0) is 7.05 Å². The van der Waals surface area contributed by atoms with E-state index in [0.717, 1.165) is 31.7 Å². The number of hydrogen-bond acceptors (Lipinski definition) is 7. The number of aryl methyl sites for hydroxylation is 1. The summed E-state index contributed by atoms with van der Waals surface area (Å²) in [5.74, 6) is 0.994. The van der Waals surface area contributed by atoms with Gasteiger partial charge in [0.05, 0.1) is 11.2 Å². The fourth-order valence-electron chi connectivity index (χ4n) is 3.73. The topological polar surface area (TPSA) is 115 Å². The maximum atomic E-state index is 13.0. The Morgan fingerprint density at radius 3 is 2.77 bits per heavy atom. The lowest BCUT2D eigenvalue weighted by molar-refractivity contribution is 0.102. The molecular weight excluding hydrogens is 457 g/mol. The van der Waals surface area contributed by atoms with Gasteiger partial charge in [0, 0.05) is 30.7 Å². The zero-order valence-electron chi connectivity index (χ0n) is 16.9. The molecule has 1 saturated heterocycles. The second-order valence-electron chi connectivity index (χ2n) is 7.48. The highest BCUT2D eigenvalue weighted by molar-refractivity contribution is 7.19. The molecule has 1 aliphatic rings. The van der Waals surface area contributed by atoms with E-state index in [1.807, 2.05) is 7.05 Å². The van der Waals surface area contributed by atoms with E-state index >= 15 is 0 Å². The maximum absolute atomic E-state index is 13.0. The third-order valence-corrected chi connectivity index (χ3v) is 6.91. The largest absolute Gasteiger partial charge is 0.389 e. The average Bonchev–Trinajstić information content (AvgIpc) is 3.32. The number of nitrogens with one attached hydrogen (secondary N) is 1. The van der Waals surface area contributed by atoms with Gasteiger partial charge in [-0.25, -0.2) is 4.98 Å². The van der Waals surface area contributed by atoms with Crippen LogP contribution in [0.3, 0.4) is 0 Å². The summed E-state index contributed by atoms with van der Waals surface area (Å²) in [7, 11) is 1.86. The van der Waals surface area contributed by atoms with Crippen molar-refractivity contribution in [1.82, 2.24) is 14.8 Å². The van der Waals surface area contributed by atoms with Gasteiger partial charge in [0.1, 0.15) is 15.7 Å². The highest BCUT2D eigenvalue weighted by Crippen LogP contribution is 2.36. The molecule has 11 heteroatoms. The third kappa shape index (κ3) is 4.50. The van der Waals surface area contributed by atoms with Crippen molar-refractivity contribution in [3.05, 3.63) is 40.1 Å². The van der Waals surface area contributed by atoms with E-state index in [4.69, 9.17) is 34.7 Å². The molecule has 164 valence electrons. The van der Waals surface area contributed by atoms with Crippen LogP contribution in [0.15, 0.2) is 24.4 Å². The molecule has 3 heterocycles. The molecule has 5 N–H and O–H groups in total. The van der Waals surface area contributed by atoms with Gasteiger partial charge in [-0.2, -0.15) is 5.10 Å². The molecule has 4 rings (SSSR count). The van der Waals surface area contributed by atoms with E-state index in [9.17, 15) is 4.79 Å². The zero-order chi connectivity index (χ0) is 22.1. The van der Waals surface area contributed by atoms with Gasteiger partial charge in [-0.1, -0.05) is 34.5 Å². The zero-order valence-corrected chi connectivity index (χ0v) is 19.3. The van der Waals surface area contributed by atoms with E-state index in [0.29, 0.717) is 43.8 Å². The second kappa shape index (κ2) is 9.04. The number of carbonyl (C=O) groups excluding carboxylic acids is 1. The Morgan fingerprint density at radius 1 is 1.32 bits per heavy atom.